The number of carbonyl (C=O) groups excluding carboxylic acids is 2. The SMILES string of the molecule is COC(=O)CNC(=O)C1=C(O)[C@@H]2Oc3c(O)ccc4c3[C@@]23CCN(CC2=CC2)[C@H](C4)[C@]3(O)C1. The summed E-state index contributed by atoms with van der Waals surface area (Å²) in [6.45, 7) is 1.11. The van der Waals surface area contributed by atoms with Crippen LogP contribution in [-0.2, 0) is 26.2 Å². The summed E-state index contributed by atoms with van der Waals surface area (Å²) in [7, 11) is 1.22. The van der Waals surface area contributed by atoms with E-state index in [-0.39, 0.29) is 41.8 Å². The van der Waals surface area contributed by atoms with E-state index in [9.17, 15) is 24.9 Å². The molecule has 0 aromatic heterocycles. The Labute approximate surface area is 190 Å². The van der Waals surface area contributed by atoms with E-state index in [1.165, 1.54) is 12.7 Å². The molecule has 1 spiro atoms. The maximum Gasteiger partial charge on any atom is 0.325 e. The number of ether oxygens (including phenoxy) is 2. The number of aliphatic hydroxyl groups excluding tert-OH is 1. The van der Waals surface area contributed by atoms with Gasteiger partial charge in [0.15, 0.2) is 17.6 Å². The van der Waals surface area contributed by atoms with Crippen LogP contribution in [0.25, 0.3) is 0 Å². The lowest BCUT2D eigenvalue weighted by molar-refractivity contribution is -0.170. The van der Waals surface area contributed by atoms with E-state index in [1.807, 2.05) is 6.07 Å². The zero-order valence-corrected chi connectivity index (χ0v) is 18.3. The topological polar surface area (TPSA) is 129 Å². The predicted octanol–water partition coefficient (Wildman–Crippen LogP) is 0.588. The number of carbonyl (C=O) groups is 2. The lowest BCUT2D eigenvalue weighted by atomic mass is 9.49. The van der Waals surface area contributed by atoms with Crippen molar-refractivity contribution >= 4 is 11.9 Å². The van der Waals surface area contributed by atoms with E-state index in [0.717, 1.165) is 24.1 Å². The van der Waals surface area contributed by atoms with E-state index >= 15 is 0 Å². The maximum absolute atomic E-state index is 13.0. The summed E-state index contributed by atoms with van der Waals surface area (Å²) in [5.41, 5.74) is 0.690. The largest absolute Gasteiger partial charge is 0.508 e. The van der Waals surface area contributed by atoms with Gasteiger partial charge in [-0.3, -0.25) is 14.5 Å². The van der Waals surface area contributed by atoms with E-state index in [0.29, 0.717) is 19.4 Å². The van der Waals surface area contributed by atoms with Crippen molar-refractivity contribution in [3.63, 3.8) is 0 Å². The molecule has 0 unspecified atom stereocenters. The molecule has 0 saturated carbocycles. The second kappa shape index (κ2) is 6.74. The summed E-state index contributed by atoms with van der Waals surface area (Å²) in [4.78, 5) is 26.8. The van der Waals surface area contributed by atoms with Gasteiger partial charge in [-0.1, -0.05) is 17.7 Å². The number of allylic oxidation sites excluding steroid dienone is 1. The Morgan fingerprint density at radius 3 is 2.85 bits per heavy atom. The fourth-order valence-electron chi connectivity index (χ4n) is 6.50. The monoisotopic (exact) mass is 454 g/mol. The van der Waals surface area contributed by atoms with Crippen molar-refractivity contribution in [2.45, 2.75) is 48.8 Å². The van der Waals surface area contributed by atoms with Gasteiger partial charge in [-0.05, 0) is 30.9 Å². The van der Waals surface area contributed by atoms with Crippen LogP contribution in [-0.4, -0.2) is 76.6 Å². The molecule has 5 aliphatic rings. The third-order valence-electron chi connectivity index (χ3n) is 8.12. The van der Waals surface area contributed by atoms with Crippen molar-refractivity contribution < 1.29 is 34.4 Å². The number of phenolic OH excluding ortho intramolecular Hbond substituents is 1. The second-order valence-electron chi connectivity index (χ2n) is 9.65. The number of amides is 1. The molecule has 1 aromatic rings. The van der Waals surface area contributed by atoms with Gasteiger partial charge in [0.25, 0.3) is 5.91 Å². The number of aromatic hydroxyl groups is 1. The zero-order chi connectivity index (χ0) is 23.1. The summed E-state index contributed by atoms with van der Waals surface area (Å²) in [5.74, 6) is -1.30. The average molecular weight is 454 g/mol. The van der Waals surface area contributed by atoms with Gasteiger partial charge in [-0.25, -0.2) is 0 Å². The minimum Gasteiger partial charge on any atom is -0.508 e. The highest BCUT2D eigenvalue weighted by Crippen LogP contribution is 2.66. The molecule has 4 N–H and O–H groups in total. The molecule has 33 heavy (non-hydrogen) atoms. The first-order valence-corrected chi connectivity index (χ1v) is 11.2. The standard InChI is InChI=1S/C24H26N2O7/c1-32-17(28)10-25-22(30)14-9-24(31)16-8-13-4-5-15(27)20-18(13)23(24,21(33-20)19(14)29)6-7-26(16)11-12-2-3-12/h2,4-5,16,21,27,29,31H,3,6-11H2,1H3,(H,25,30)/t16-,21+,23+,24-/m1/s1. The Morgan fingerprint density at radius 1 is 1.33 bits per heavy atom. The first-order valence-electron chi connectivity index (χ1n) is 11.2. The molecule has 1 fully saturated rings. The molecule has 6 rings (SSSR count). The normalized spacial score (nSPS) is 33.1. The highest BCUT2D eigenvalue weighted by atomic mass is 16.5. The van der Waals surface area contributed by atoms with Crippen molar-refractivity contribution in [1.82, 2.24) is 10.2 Å². The van der Waals surface area contributed by atoms with Crippen molar-refractivity contribution in [2.75, 3.05) is 26.7 Å². The van der Waals surface area contributed by atoms with Crippen molar-refractivity contribution in [3.8, 4) is 11.5 Å². The van der Waals surface area contributed by atoms with Gasteiger partial charge < -0.3 is 30.1 Å². The van der Waals surface area contributed by atoms with Crippen LogP contribution < -0.4 is 10.1 Å². The number of piperidine rings is 1. The number of benzene rings is 1. The number of aliphatic hydroxyl groups is 2. The number of rotatable bonds is 5. The Morgan fingerprint density at radius 2 is 2.12 bits per heavy atom. The van der Waals surface area contributed by atoms with Gasteiger partial charge in [0.2, 0.25) is 0 Å². The third kappa shape index (κ3) is 2.60. The first-order chi connectivity index (χ1) is 15.8. The number of likely N-dealkylation sites (tertiary alicyclic amines) is 1. The molecular weight excluding hydrogens is 428 g/mol. The summed E-state index contributed by atoms with van der Waals surface area (Å²) >= 11 is 0. The van der Waals surface area contributed by atoms with Gasteiger partial charge in [0.1, 0.15) is 12.3 Å². The van der Waals surface area contributed by atoms with E-state index in [4.69, 9.17) is 4.74 Å². The summed E-state index contributed by atoms with van der Waals surface area (Å²) in [6, 6.07) is 3.16. The van der Waals surface area contributed by atoms with E-state index in [1.54, 1.807) is 6.07 Å². The predicted molar refractivity (Wildman–Crippen MR) is 115 cm³/mol. The Bertz CT molecular complexity index is 1160. The number of esters is 1. The number of hydrogen-bond acceptors (Lipinski definition) is 8. The molecule has 3 aliphatic carbocycles. The zero-order valence-electron chi connectivity index (χ0n) is 18.3. The van der Waals surface area contributed by atoms with Gasteiger partial charge in [-0.15, -0.1) is 0 Å². The molecule has 0 radical (unpaired) electrons. The quantitative estimate of drug-likeness (QED) is 0.376. The second-order valence-corrected chi connectivity index (χ2v) is 9.65. The van der Waals surface area contributed by atoms with Gasteiger partial charge in [-0.2, -0.15) is 0 Å². The summed E-state index contributed by atoms with van der Waals surface area (Å²) in [6.07, 6.45) is 3.13. The smallest absolute Gasteiger partial charge is 0.325 e. The average Bonchev–Trinajstić information content (AvgIpc) is 3.54. The lowest BCUT2D eigenvalue weighted by Gasteiger charge is -2.62. The van der Waals surface area contributed by atoms with Crippen molar-refractivity contribution in [3.05, 3.63) is 46.2 Å². The number of methoxy groups -OCH3 is 1. The minimum absolute atomic E-state index is 0.00439. The van der Waals surface area contributed by atoms with Crippen LogP contribution in [0.3, 0.4) is 0 Å². The Hall–Kier alpha value is -3.04. The van der Waals surface area contributed by atoms with Crippen molar-refractivity contribution in [2.24, 2.45) is 0 Å². The summed E-state index contributed by atoms with van der Waals surface area (Å²) in [5, 5.41) is 36.7. The molecule has 1 aromatic carbocycles. The molecule has 2 aliphatic heterocycles. The Kier molecular flexibility index (Phi) is 4.20. The van der Waals surface area contributed by atoms with Gasteiger partial charge >= 0.3 is 5.97 Å². The maximum atomic E-state index is 13.0. The molecule has 1 saturated heterocycles. The first kappa shape index (κ1) is 20.6. The van der Waals surface area contributed by atoms with Crippen LogP contribution in [0.5, 0.6) is 11.5 Å². The lowest BCUT2D eigenvalue weighted by Crippen LogP contribution is -2.75. The van der Waals surface area contributed by atoms with Crippen LogP contribution in [0.4, 0.5) is 0 Å². The molecule has 2 heterocycles. The van der Waals surface area contributed by atoms with Gasteiger partial charge in [0.05, 0.1) is 23.7 Å². The van der Waals surface area contributed by atoms with Crippen LogP contribution in [0.15, 0.2) is 35.1 Å². The minimum atomic E-state index is -1.40. The fourth-order valence-corrected chi connectivity index (χ4v) is 6.50. The van der Waals surface area contributed by atoms with Crippen molar-refractivity contribution in [1.29, 1.82) is 0 Å². The van der Waals surface area contributed by atoms with Crippen LogP contribution in [0, 0.1) is 0 Å². The molecule has 2 bridgehead atoms. The molecule has 4 atom stereocenters. The number of nitrogens with one attached hydrogen (secondary N) is 1. The van der Waals surface area contributed by atoms with Crippen LogP contribution >= 0.6 is 0 Å². The summed E-state index contributed by atoms with van der Waals surface area (Å²) < 4.78 is 10.7. The van der Waals surface area contributed by atoms with Crippen LogP contribution in [0.2, 0.25) is 0 Å². The number of hydrogen-bond donors (Lipinski definition) is 4. The molecular formula is C24H26N2O7. The van der Waals surface area contributed by atoms with E-state index < -0.39 is 29.0 Å². The van der Waals surface area contributed by atoms with E-state index in [2.05, 4.69) is 21.0 Å². The van der Waals surface area contributed by atoms with Gasteiger partial charge in [0, 0.05) is 31.1 Å². The Balaban J connectivity index is 1.48. The number of nitrogens with zero attached hydrogens (tertiary/aromatic N) is 1. The molecule has 174 valence electrons. The highest BCUT2D eigenvalue weighted by Gasteiger charge is 2.73. The molecule has 9 nitrogen and oxygen atoms in total. The molecule has 1 amide bonds. The third-order valence-corrected chi connectivity index (χ3v) is 8.12. The molecule has 9 heteroatoms. The fraction of sp³-hybridized carbons (Fsp3) is 0.500. The number of phenols is 1. The highest BCUT2D eigenvalue weighted by molar-refractivity contribution is 5.96. The van der Waals surface area contributed by atoms with Crippen LogP contribution in [0.1, 0.15) is 30.4 Å².